The molecule has 5 N–H and O–H groups in total. The Bertz CT molecular complexity index is 3160. The lowest BCUT2D eigenvalue weighted by Gasteiger charge is -2.09. The van der Waals surface area contributed by atoms with Gasteiger partial charge in [0.15, 0.2) is 0 Å². The van der Waals surface area contributed by atoms with Crippen molar-refractivity contribution in [1.29, 1.82) is 0 Å². The molecule has 0 radical (unpaired) electrons. The van der Waals surface area contributed by atoms with E-state index < -0.39 is 4.92 Å². The Kier molecular flexibility index (Phi) is 24.7. The number of benzene rings is 8. The molecule has 0 aliphatic carbocycles. The maximum absolute atomic E-state index is 10.7. The van der Waals surface area contributed by atoms with Crippen LogP contribution in [-0.2, 0) is 33.0 Å². The molecular formula is C67H69NO10. The minimum Gasteiger partial charge on any atom is -0.496 e. The van der Waals surface area contributed by atoms with Gasteiger partial charge in [-0.3, -0.25) is 10.1 Å². The van der Waals surface area contributed by atoms with Gasteiger partial charge in [0.25, 0.3) is 5.69 Å². The molecule has 0 unspecified atom stereocenters. The number of nitro groups is 1. The van der Waals surface area contributed by atoms with Crippen LogP contribution in [0.5, 0.6) is 17.2 Å². The summed E-state index contributed by atoms with van der Waals surface area (Å²) < 4.78 is 16.1. The van der Waals surface area contributed by atoms with Gasteiger partial charge in [-0.05, 0) is 71.3 Å². The molecule has 0 amide bonds. The largest absolute Gasteiger partial charge is 0.496 e. The third kappa shape index (κ3) is 18.9. The zero-order valence-corrected chi connectivity index (χ0v) is 45.0. The van der Waals surface area contributed by atoms with E-state index in [-0.39, 0.29) is 38.7 Å². The van der Waals surface area contributed by atoms with Gasteiger partial charge in [-0.15, -0.1) is 0 Å². The molecule has 0 atom stereocenters. The summed E-state index contributed by atoms with van der Waals surface area (Å²) in [6, 6.07) is 53.6. The van der Waals surface area contributed by atoms with Crippen molar-refractivity contribution in [2.75, 3.05) is 21.3 Å². The third-order valence-corrected chi connectivity index (χ3v) is 12.2. The minimum absolute atomic E-state index is 0.00705. The van der Waals surface area contributed by atoms with E-state index in [0.717, 1.165) is 95.1 Å². The van der Waals surface area contributed by atoms with Crippen LogP contribution < -0.4 is 14.2 Å². The summed E-state index contributed by atoms with van der Waals surface area (Å²) in [5.41, 5.74) is 15.8. The van der Waals surface area contributed by atoms with Gasteiger partial charge in [-0.1, -0.05) is 217 Å². The molecule has 0 bridgehead atoms. The fourth-order valence-electron chi connectivity index (χ4n) is 7.80. The van der Waals surface area contributed by atoms with E-state index in [0.29, 0.717) is 0 Å². The molecule has 0 saturated carbocycles. The highest BCUT2D eigenvalue weighted by atomic mass is 16.6. The summed E-state index contributed by atoms with van der Waals surface area (Å²) in [4.78, 5) is 10.2. The molecule has 0 spiro atoms. The standard InChI is InChI=1S/C18H20O3.2C17H18O2.C15H13NO3/c1-13-3-5-17(12-20)16(9-13)8-7-15-6-4-14(11-19)10-18(15)21-2;2*1-13-6-8-14(9-7-13)10-11-15-4-3-5-16(12-18)17(15)19-2;17-11-14-8-5-12(6-9-14)4-7-13-2-1-3-15(10-13)16(18)19/h3-10,19-20H,11-12H2,1-2H3;2*3-11,18H,12H2,1-2H3;1-10,17H,11H2/b8-7+;2*11-10+;7-4+. The van der Waals surface area contributed by atoms with Crippen molar-refractivity contribution in [3.63, 3.8) is 0 Å². The van der Waals surface area contributed by atoms with E-state index in [9.17, 15) is 25.4 Å². The molecule has 0 aliphatic rings. The van der Waals surface area contributed by atoms with Crippen molar-refractivity contribution in [2.45, 2.75) is 53.8 Å². The van der Waals surface area contributed by atoms with E-state index in [1.54, 1.807) is 27.4 Å². The second-order valence-electron chi connectivity index (χ2n) is 17.9. The van der Waals surface area contributed by atoms with Crippen molar-refractivity contribution >= 4 is 54.3 Å². The summed E-state index contributed by atoms with van der Waals surface area (Å²) in [6.45, 7) is 6.16. The van der Waals surface area contributed by atoms with Gasteiger partial charge in [-0.2, -0.15) is 0 Å². The van der Waals surface area contributed by atoms with Crippen LogP contribution in [0.3, 0.4) is 0 Å². The average Bonchev–Trinajstić information content (AvgIpc) is 3.48. The molecular weight excluding hydrogens is 979 g/mol. The molecule has 11 heteroatoms. The molecule has 78 heavy (non-hydrogen) atoms. The molecule has 8 aromatic rings. The smallest absolute Gasteiger partial charge is 0.270 e. The van der Waals surface area contributed by atoms with Gasteiger partial charge in [0, 0.05) is 39.9 Å². The monoisotopic (exact) mass is 1050 g/mol. The van der Waals surface area contributed by atoms with E-state index in [2.05, 4.69) is 62.4 Å². The van der Waals surface area contributed by atoms with Crippen LogP contribution in [0.25, 0.3) is 48.6 Å². The first-order chi connectivity index (χ1) is 37.8. The summed E-state index contributed by atoms with van der Waals surface area (Å²) in [5, 5.41) is 56.7. The Labute approximate surface area is 458 Å². The molecule has 0 saturated heterocycles. The van der Waals surface area contributed by atoms with Gasteiger partial charge in [0.05, 0.1) is 59.3 Å². The zero-order valence-electron chi connectivity index (χ0n) is 45.0. The van der Waals surface area contributed by atoms with E-state index in [1.165, 1.54) is 23.3 Å². The Morgan fingerprint density at radius 2 is 0.821 bits per heavy atom. The van der Waals surface area contributed by atoms with Gasteiger partial charge in [0.2, 0.25) is 0 Å². The van der Waals surface area contributed by atoms with Gasteiger partial charge in [-0.25, -0.2) is 0 Å². The Morgan fingerprint density at radius 1 is 0.385 bits per heavy atom. The van der Waals surface area contributed by atoms with E-state index >= 15 is 0 Å². The number of nitro benzene ring substituents is 1. The predicted molar refractivity (Wildman–Crippen MR) is 317 cm³/mol. The molecule has 0 fully saturated rings. The number of nitrogens with zero attached hydrogens (tertiary/aromatic N) is 1. The first-order valence-electron chi connectivity index (χ1n) is 25.2. The van der Waals surface area contributed by atoms with Crippen LogP contribution in [0.2, 0.25) is 0 Å². The fourth-order valence-corrected chi connectivity index (χ4v) is 7.80. The van der Waals surface area contributed by atoms with Crippen molar-refractivity contribution in [2.24, 2.45) is 0 Å². The first-order valence-corrected chi connectivity index (χ1v) is 25.2. The summed E-state index contributed by atoms with van der Waals surface area (Å²) in [6.07, 6.45) is 15.7. The number of hydrogen-bond donors (Lipinski definition) is 5. The first kappa shape index (κ1) is 60.2. The zero-order chi connectivity index (χ0) is 56.2. The SMILES string of the molecule is COc1c(/C=C/c2ccc(C)cc2)cccc1CO.COc1c(/C=C/c2ccc(C)cc2)cccc1CO.COc1cc(CO)ccc1/C=C/c1cc(C)ccc1CO.O=[N+]([O-])c1cccc(/C=C/c2ccc(CO)cc2)c1. The lowest BCUT2D eigenvalue weighted by molar-refractivity contribution is -0.384. The fraction of sp³-hybridized carbons (Fsp3) is 0.164. The lowest BCUT2D eigenvalue weighted by atomic mass is 10.0. The summed E-state index contributed by atoms with van der Waals surface area (Å²) >= 11 is 0. The summed E-state index contributed by atoms with van der Waals surface area (Å²) in [7, 11) is 4.86. The minimum atomic E-state index is -0.409. The highest BCUT2D eigenvalue weighted by Gasteiger charge is 2.08. The highest BCUT2D eigenvalue weighted by Crippen LogP contribution is 2.28. The Morgan fingerprint density at radius 3 is 1.29 bits per heavy atom. The summed E-state index contributed by atoms with van der Waals surface area (Å²) in [5.74, 6) is 2.18. The van der Waals surface area contributed by atoms with Crippen LogP contribution in [0, 0.1) is 30.9 Å². The number of rotatable bonds is 17. The van der Waals surface area contributed by atoms with Gasteiger partial charge in [0.1, 0.15) is 17.2 Å². The number of non-ortho nitro benzene ring substituents is 1. The van der Waals surface area contributed by atoms with Crippen LogP contribution in [0.15, 0.2) is 170 Å². The van der Waals surface area contributed by atoms with Gasteiger partial charge >= 0.3 is 0 Å². The number of methoxy groups -OCH3 is 3. The van der Waals surface area contributed by atoms with E-state index in [1.807, 2.05) is 159 Å². The number of para-hydroxylation sites is 2. The molecule has 8 rings (SSSR count). The van der Waals surface area contributed by atoms with Crippen LogP contribution in [0.1, 0.15) is 89.0 Å². The lowest BCUT2D eigenvalue weighted by Crippen LogP contribution is -1.94. The Hall–Kier alpha value is -8.68. The maximum Gasteiger partial charge on any atom is 0.270 e. The number of aryl methyl sites for hydroxylation is 3. The Balaban J connectivity index is 0.000000192. The average molecular weight is 1050 g/mol. The highest BCUT2D eigenvalue weighted by molar-refractivity contribution is 5.76. The van der Waals surface area contributed by atoms with Crippen molar-refractivity contribution in [3.8, 4) is 17.2 Å². The number of hydrogen-bond acceptors (Lipinski definition) is 10. The van der Waals surface area contributed by atoms with Crippen LogP contribution >= 0.6 is 0 Å². The number of aliphatic hydroxyl groups excluding tert-OH is 5. The molecule has 8 aromatic carbocycles. The molecule has 0 aromatic heterocycles. The van der Waals surface area contributed by atoms with Gasteiger partial charge < -0.3 is 39.7 Å². The van der Waals surface area contributed by atoms with Crippen molar-refractivity contribution < 1.29 is 44.7 Å². The molecule has 11 nitrogen and oxygen atoms in total. The number of ether oxygens (including phenoxy) is 3. The van der Waals surface area contributed by atoms with Crippen molar-refractivity contribution in [3.05, 3.63) is 269 Å². The van der Waals surface area contributed by atoms with Crippen LogP contribution in [0.4, 0.5) is 5.69 Å². The van der Waals surface area contributed by atoms with Crippen LogP contribution in [-0.4, -0.2) is 51.8 Å². The normalized spacial score (nSPS) is 10.9. The van der Waals surface area contributed by atoms with E-state index in [4.69, 9.17) is 24.4 Å². The maximum atomic E-state index is 10.7. The predicted octanol–water partition coefficient (Wildman–Crippen LogP) is 13.7. The number of aliphatic hydroxyl groups is 5. The molecule has 0 aliphatic heterocycles. The molecule has 402 valence electrons. The third-order valence-electron chi connectivity index (χ3n) is 12.2. The van der Waals surface area contributed by atoms with Crippen molar-refractivity contribution in [1.82, 2.24) is 0 Å². The quantitative estimate of drug-likeness (QED) is 0.0336. The second-order valence-corrected chi connectivity index (χ2v) is 17.9. The molecule has 0 heterocycles. The second kappa shape index (κ2) is 32.0. The topological polar surface area (TPSA) is 172 Å².